The number of benzene rings is 3. The molecule has 0 saturated carbocycles. The van der Waals surface area contributed by atoms with Crippen LogP contribution in [0.25, 0.3) is 16.7 Å². The van der Waals surface area contributed by atoms with Crippen LogP contribution >= 0.6 is 0 Å². The lowest BCUT2D eigenvalue weighted by atomic mass is 9.84. The lowest BCUT2D eigenvalue weighted by Gasteiger charge is -2.33. The summed E-state index contributed by atoms with van der Waals surface area (Å²) in [4.78, 5) is 13.6. The van der Waals surface area contributed by atoms with Gasteiger partial charge in [-0.05, 0) is 49.6 Å². The molecule has 4 rings (SSSR count). The van der Waals surface area contributed by atoms with Crippen molar-refractivity contribution in [3.05, 3.63) is 89.5 Å². The number of amides is 1. The van der Waals surface area contributed by atoms with Crippen LogP contribution in [0.1, 0.15) is 42.3 Å². The van der Waals surface area contributed by atoms with Gasteiger partial charge < -0.3 is 15.4 Å². The van der Waals surface area contributed by atoms with Gasteiger partial charge in [-0.1, -0.05) is 60.7 Å². The molecule has 0 aromatic heterocycles. The van der Waals surface area contributed by atoms with Gasteiger partial charge in [-0.25, -0.2) is 0 Å². The second-order valence-corrected chi connectivity index (χ2v) is 8.45. The molecule has 0 aliphatic carbocycles. The molecular formula is C27H28N2O2. The van der Waals surface area contributed by atoms with Crippen LogP contribution < -0.4 is 15.4 Å². The van der Waals surface area contributed by atoms with E-state index in [1.807, 2.05) is 60.7 Å². The zero-order valence-electron chi connectivity index (χ0n) is 18.5. The fourth-order valence-corrected chi connectivity index (χ4v) is 4.31. The number of methoxy groups -OCH3 is 1. The number of allylic oxidation sites excluding steroid dienone is 1. The van der Waals surface area contributed by atoms with Crippen LogP contribution in [-0.2, 0) is 6.54 Å². The third kappa shape index (κ3) is 4.19. The summed E-state index contributed by atoms with van der Waals surface area (Å²) in [6.45, 7) is 6.79. The topological polar surface area (TPSA) is 50.4 Å². The van der Waals surface area contributed by atoms with E-state index in [0.717, 1.165) is 39.3 Å². The maximum atomic E-state index is 13.6. The number of carbonyl (C=O) groups excluding carboxylic acids is 1. The van der Waals surface area contributed by atoms with Crippen molar-refractivity contribution >= 4 is 17.2 Å². The first-order valence-corrected chi connectivity index (χ1v) is 10.5. The Hall–Kier alpha value is -3.53. The molecule has 1 aliphatic rings. The van der Waals surface area contributed by atoms with Crippen molar-refractivity contribution in [1.29, 1.82) is 0 Å². The summed E-state index contributed by atoms with van der Waals surface area (Å²) in [7, 11) is 1.65. The number of hydrogen-bond donors (Lipinski definition) is 2. The van der Waals surface area contributed by atoms with Gasteiger partial charge in [0.15, 0.2) is 0 Å². The third-order valence-corrected chi connectivity index (χ3v) is 5.55. The summed E-state index contributed by atoms with van der Waals surface area (Å²) in [5, 5.41) is 6.67. The second kappa shape index (κ2) is 8.31. The van der Waals surface area contributed by atoms with Crippen molar-refractivity contribution in [2.45, 2.75) is 32.9 Å². The zero-order valence-corrected chi connectivity index (χ0v) is 18.5. The molecule has 31 heavy (non-hydrogen) atoms. The Bertz CT molecular complexity index is 1150. The first kappa shape index (κ1) is 20.7. The Morgan fingerprint density at radius 1 is 0.968 bits per heavy atom. The van der Waals surface area contributed by atoms with Gasteiger partial charge in [-0.2, -0.15) is 0 Å². The van der Waals surface area contributed by atoms with E-state index < -0.39 is 0 Å². The minimum atomic E-state index is -0.180. The van der Waals surface area contributed by atoms with Crippen LogP contribution in [0.2, 0.25) is 0 Å². The van der Waals surface area contributed by atoms with E-state index in [9.17, 15) is 4.79 Å². The quantitative estimate of drug-likeness (QED) is 0.549. The Balaban J connectivity index is 1.85. The van der Waals surface area contributed by atoms with Crippen LogP contribution in [0.4, 0.5) is 5.69 Å². The molecule has 158 valence electrons. The summed E-state index contributed by atoms with van der Waals surface area (Å²) in [5.41, 5.74) is 6.29. The molecule has 3 aromatic rings. The molecule has 0 radical (unpaired) electrons. The van der Waals surface area contributed by atoms with Gasteiger partial charge in [-0.3, -0.25) is 4.79 Å². The highest BCUT2D eigenvalue weighted by Gasteiger charge is 2.29. The first-order valence-electron chi connectivity index (χ1n) is 10.5. The lowest BCUT2D eigenvalue weighted by molar-refractivity contribution is 0.0951. The van der Waals surface area contributed by atoms with E-state index in [2.05, 4.69) is 43.5 Å². The van der Waals surface area contributed by atoms with Crippen LogP contribution in [-0.4, -0.2) is 18.6 Å². The number of ether oxygens (including phenoxy) is 1. The second-order valence-electron chi connectivity index (χ2n) is 8.45. The van der Waals surface area contributed by atoms with Crippen molar-refractivity contribution in [2.24, 2.45) is 0 Å². The molecule has 0 bridgehead atoms. The van der Waals surface area contributed by atoms with Crippen molar-refractivity contribution in [1.82, 2.24) is 5.32 Å². The number of anilines is 1. The monoisotopic (exact) mass is 412 g/mol. The highest BCUT2D eigenvalue weighted by atomic mass is 16.5. The molecule has 0 fully saturated rings. The van der Waals surface area contributed by atoms with Gasteiger partial charge in [0.25, 0.3) is 5.91 Å². The van der Waals surface area contributed by atoms with E-state index in [4.69, 9.17) is 4.74 Å². The number of nitrogens with one attached hydrogen (secondary N) is 2. The predicted octanol–water partition coefficient (Wildman–Crippen LogP) is 5.90. The van der Waals surface area contributed by atoms with E-state index >= 15 is 0 Å². The van der Waals surface area contributed by atoms with E-state index in [1.54, 1.807) is 7.11 Å². The first-order chi connectivity index (χ1) is 14.9. The van der Waals surface area contributed by atoms with Gasteiger partial charge in [0.1, 0.15) is 5.75 Å². The van der Waals surface area contributed by atoms with Gasteiger partial charge in [0.05, 0.1) is 18.2 Å². The summed E-state index contributed by atoms with van der Waals surface area (Å²) in [6.07, 6.45) is 2.18. The van der Waals surface area contributed by atoms with Crippen LogP contribution in [0, 0.1) is 0 Å². The van der Waals surface area contributed by atoms with Crippen molar-refractivity contribution in [2.75, 3.05) is 12.4 Å². The number of fused-ring (bicyclic) bond motifs is 1. The van der Waals surface area contributed by atoms with Gasteiger partial charge in [0, 0.05) is 23.4 Å². The molecule has 1 heterocycles. The SMILES string of the molecule is COc1ccccc1-c1ccc2c(c1C(=O)NCc1ccccc1)C(C)=CC(C)(C)N2. The van der Waals surface area contributed by atoms with E-state index in [1.165, 1.54) is 0 Å². The fourth-order valence-electron chi connectivity index (χ4n) is 4.31. The highest BCUT2D eigenvalue weighted by molar-refractivity contribution is 6.08. The van der Waals surface area contributed by atoms with E-state index in [-0.39, 0.29) is 11.4 Å². The Labute approximate surface area is 184 Å². The van der Waals surface area contributed by atoms with Gasteiger partial charge in [-0.15, -0.1) is 0 Å². The Kier molecular flexibility index (Phi) is 5.55. The molecule has 1 amide bonds. The number of rotatable bonds is 5. The summed E-state index contributed by atoms with van der Waals surface area (Å²) in [5.74, 6) is 0.640. The zero-order chi connectivity index (χ0) is 22.0. The average molecular weight is 413 g/mol. The smallest absolute Gasteiger partial charge is 0.252 e. The maximum Gasteiger partial charge on any atom is 0.252 e. The molecule has 2 N–H and O–H groups in total. The summed E-state index contributed by atoms with van der Waals surface area (Å²) < 4.78 is 5.61. The molecule has 0 unspecified atom stereocenters. The molecule has 4 heteroatoms. The molecule has 0 atom stereocenters. The number of para-hydroxylation sites is 1. The molecular weight excluding hydrogens is 384 g/mol. The predicted molar refractivity (Wildman–Crippen MR) is 127 cm³/mol. The fraction of sp³-hybridized carbons (Fsp3) is 0.222. The van der Waals surface area contributed by atoms with Crippen LogP contribution in [0.15, 0.2) is 72.8 Å². The van der Waals surface area contributed by atoms with Crippen LogP contribution in [0.5, 0.6) is 5.75 Å². The molecule has 0 spiro atoms. The normalized spacial score (nSPS) is 14.1. The molecule has 4 nitrogen and oxygen atoms in total. The largest absolute Gasteiger partial charge is 0.496 e. The minimum absolute atomic E-state index is 0.101. The van der Waals surface area contributed by atoms with Crippen molar-refractivity contribution in [3.63, 3.8) is 0 Å². The van der Waals surface area contributed by atoms with Crippen molar-refractivity contribution < 1.29 is 9.53 Å². The average Bonchev–Trinajstić information content (AvgIpc) is 2.76. The van der Waals surface area contributed by atoms with Crippen LogP contribution in [0.3, 0.4) is 0 Å². The maximum absolute atomic E-state index is 13.6. The number of carbonyl (C=O) groups is 1. The molecule has 1 aliphatic heterocycles. The van der Waals surface area contributed by atoms with Gasteiger partial charge in [0.2, 0.25) is 0 Å². The number of hydrogen-bond acceptors (Lipinski definition) is 3. The Morgan fingerprint density at radius 2 is 1.68 bits per heavy atom. The molecule has 0 saturated heterocycles. The standard InChI is InChI=1S/C27H28N2O2/c1-18-16-27(2,3)29-22-15-14-21(20-12-8-9-13-23(20)31-4)25(24(18)22)26(30)28-17-19-10-6-5-7-11-19/h5-16,29H,17H2,1-4H3,(H,28,30). The highest BCUT2D eigenvalue weighted by Crippen LogP contribution is 2.42. The van der Waals surface area contributed by atoms with Gasteiger partial charge >= 0.3 is 0 Å². The lowest BCUT2D eigenvalue weighted by Crippen LogP contribution is -2.33. The summed E-state index contributed by atoms with van der Waals surface area (Å²) >= 11 is 0. The minimum Gasteiger partial charge on any atom is -0.496 e. The summed E-state index contributed by atoms with van der Waals surface area (Å²) in [6, 6.07) is 21.8. The van der Waals surface area contributed by atoms with Crippen molar-refractivity contribution in [3.8, 4) is 16.9 Å². The van der Waals surface area contributed by atoms with E-state index in [0.29, 0.717) is 12.1 Å². The Morgan fingerprint density at radius 3 is 2.42 bits per heavy atom. The third-order valence-electron chi connectivity index (χ3n) is 5.55. The molecule has 3 aromatic carbocycles.